The van der Waals surface area contributed by atoms with Crippen molar-refractivity contribution in [2.75, 3.05) is 35.8 Å². The lowest BCUT2D eigenvalue weighted by Crippen LogP contribution is -2.29. The zero-order chi connectivity index (χ0) is 36.7. The van der Waals surface area contributed by atoms with E-state index in [1.165, 1.54) is 0 Å². The fraction of sp³-hybridized carbons (Fsp3) is 0.333. The van der Waals surface area contributed by atoms with Gasteiger partial charge in [0.15, 0.2) is 6.61 Å². The lowest BCUT2D eigenvalue weighted by atomic mass is 9.84. The van der Waals surface area contributed by atoms with Gasteiger partial charge in [-0.2, -0.15) is 0 Å². The number of hydrogen-bond acceptors (Lipinski definition) is 11. The van der Waals surface area contributed by atoms with Gasteiger partial charge in [0.25, 0.3) is 17.7 Å². The fourth-order valence-corrected chi connectivity index (χ4v) is 5.74. The molecule has 5 rings (SSSR count). The standard InChI is InChI=1S/C36H37N3O12/c1-19-4-7-26(37-31(40)18-47-34(43)44)13-23(19)10-22(11-24-14-27(8-5-20(24)2)38-32(41)29-16-48-35(45)50-29)12-25-15-28(9-6-21(25)3)39-33(42)30-17-49-36(46)51-30/h4-9,13-15,22,29-30H,10-12,16-18H2,1-3H3,(H,37,40)(H,38,41)(H,39,42)(H,43,44). The summed E-state index contributed by atoms with van der Waals surface area (Å²) >= 11 is 0. The van der Waals surface area contributed by atoms with E-state index in [1.54, 1.807) is 18.2 Å². The minimum absolute atomic E-state index is 0.0485. The summed E-state index contributed by atoms with van der Waals surface area (Å²) in [6.45, 7) is 4.89. The largest absolute Gasteiger partial charge is 0.509 e. The second kappa shape index (κ2) is 16.1. The van der Waals surface area contributed by atoms with Crippen LogP contribution in [0.15, 0.2) is 54.6 Å². The fourth-order valence-electron chi connectivity index (χ4n) is 5.74. The number of hydrogen-bond donors (Lipinski definition) is 4. The van der Waals surface area contributed by atoms with Crippen LogP contribution in [-0.4, -0.2) is 73.3 Å². The second-order valence-corrected chi connectivity index (χ2v) is 12.3. The number of anilines is 3. The van der Waals surface area contributed by atoms with Crippen LogP contribution >= 0.6 is 0 Å². The number of ether oxygens (including phenoxy) is 5. The molecule has 15 nitrogen and oxygen atoms in total. The molecular formula is C36H37N3O12. The number of aryl methyl sites for hydroxylation is 3. The van der Waals surface area contributed by atoms with Gasteiger partial charge in [-0.3, -0.25) is 14.4 Å². The Labute approximate surface area is 292 Å². The normalized spacial score (nSPS) is 16.9. The summed E-state index contributed by atoms with van der Waals surface area (Å²) in [5.41, 5.74) is 7.29. The molecule has 0 aliphatic carbocycles. The number of carbonyl (C=O) groups is 6. The van der Waals surface area contributed by atoms with Crippen LogP contribution in [0.3, 0.4) is 0 Å². The maximum atomic E-state index is 12.7. The molecule has 2 atom stereocenters. The van der Waals surface area contributed by atoms with Gasteiger partial charge in [-0.25, -0.2) is 14.4 Å². The Kier molecular flexibility index (Phi) is 11.4. The maximum Gasteiger partial charge on any atom is 0.509 e. The van der Waals surface area contributed by atoms with Crippen molar-refractivity contribution >= 4 is 53.2 Å². The van der Waals surface area contributed by atoms with Crippen LogP contribution in [0.25, 0.3) is 0 Å². The molecule has 4 N–H and O–H groups in total. The van der Waals surface area contributed by atoms with Crippen LogP contribution in [-0.2, 0) is 57.3 Å². The molecule has 2 saturated heterocycles. The maximum absolute atomic E-state index is 12.7. The van der Waals surface area contributed by atoms with Gasteiger partial charge in [0, 0.05) is 17.1 Å². The van der Waals surface area contributed by atoms with Crippen LogP contribution < -0.4 is 16.0 Å². The van der Waals surface area contributed by atoms with E-state index >= 15 is 0 Å². The van der Waals surface area contributed by atoms with Gasteiger partial charge in [0.05, 0.1) is 0 Å². The minimum Gasteiger partial charge on any atom is -0.450 e. The van der Waals surface area contributed by atoms with Gasteiger partial charge in [-0.05, 0) is 116 Å². The molecule has 3 aromatic rings. The molecule has 0 radical (unpaired) electrons. The van der Waals surface area contributed by atoms with Crippen LogP contribution in [0.2, 0.25) is 0 Å². The zero-order valence-electron chi connectivity index (χ0n) is 28.1. The summed E-state index contributed by atoms with van der Waals surface area (Å²) in [6.07, 6.45) is -3.78. The number of carbonyl (C=O) groups excluding carboxylic acids is 5. The van der Waals surface area contributed by atoms with E-state index < -0.39 is 55.0 Å². The van der Waals surface area contributed by atoms with Crippen LogP contribution in [0.1, 0.15) is 33.4 Å². The average molecular weight is 704 g/mol. The summed E-state index contributed by atoms with van der Waals surface area (Å²) in [7, 11) is 0. The molecule has 2 unspecified atom stereocenters. The van der Waals surface area contributed by atoms with Crippen molar-refractivity contribution < 1.29 is 57.6 Å². The summed E-state index contributed by atoms with van der Waals surface area (Å²) in [6, 6.07) is 16.5. The first-order chi connectivity index (χ1) is 24.3. The SMILES string of the molecule is Cc1ccc(NC(=O)COC(=O)O)cc1CC(Cc1cc(NC(=O)C2COC(=O)O2)ccc1C)Cc1cc(NC(=O)C2COC(=O)O2)ccc1C. The summed E-state index contributed by atoms with van der Waals surface area (Å²) < 4.78 is 23.7. The smallest absolute Gasteiger partial charge is 0.450 e. The Morgan fingerprint density at radius 2 is 1.08 bits per heavy atom. The molecule has 268 valence electrons. The molecule has 0 saturated carbocycles. The van der Waals surface area contributed by atoms with E-state index in [1.807, 2.05) is 57.2 Å². The van der Waals surface area contributed by atoms with Gasteiger partial charge in [0.1, 0.15) is 13.2 Å². The monoisotopic (exact) mass is 703 g/mol. The molecule has 3 amide bonds. The quantitative estimate of drug-likeness (QED) is 0.140. The highest BCUT2D eigenvalue weighted by Gasteiger charge is 2.33. The Bertz CT molecular complexity index is 1770. The van der Waals surface area contributed by atoms with Crippen molar-refractivity contribution in [3.05, 3.63) is 88.0 Å². The van der Waals surface area contributed by atoms with E-state index in [-0.39, 0.29) is 19.1 Å². The molecule has 2 aliphatic rings. The summed E-state index contributed by atoms with van der Waals surface area (Å²) in [4.78, 5) is 71.1. The Morgan fingerprint density at radius 1 is 0.686 bits per heavy atom. The first kappa shape index (κ1) is 36.2. The molecule has 0 spiro atoms. The highest BCUT2D eigenvalue weighted by Crippen LogP contribution is 2.29. The Morgan fingerprint density at radius 3 is 1.43 bits per heavy atom. The highest BCUT2D eigenvalue weighted by molar-refractivity contribution is 5.97. The van der Waals surface area contributed by atoms with Crippen LogP contribution in [0, 0.1) is 26.7 Å². The predicted molar refractivity (Wildman–Crippen MR) is 180 cm³/mol. The third kappa shape index (κ3) is 9.97. The summed E-state index contributed by atoms with van der Waals surface area (Å²) in [5, 5.41) is 17.0. The molecule has 0 aromatic heterocycles. The van der Waals surface area contributed by atoms with Gasteiger partial charge in [-0.1, -0.05) is 18.2 Å². The van der Waals surface area contributed by atoms with Crippen molar-refractivity contribution in [2.45, 2.75) is 52.2 Å². The lowest BCUT2D eigenvalue weighted by Gasteiger charge is -2.22. The first-order valence-corrected chi connectivity index (χ1v) is 16.1. The third-order valence-corrected chi connectivity index (χ3v) is 8.49. The second-order valence-electron chi connectivity index (χ2n) is 12.3. The molecule has 2 fully saturated rings. The van der Waals surface area contributed by atoms with Crippen molar-refractivity contribution in [1.29, 1.82) is 0 Å². The molecular weight excluding hydrogens is 666 g/mol. The van der Waals surface area contributed by atoms with Crippen molar-refractivity contribution in [3.8, 4) is 0 Å². The van der Waals surface area contributed by atoms with Gasteiger partial charge >= 0.3 is 18.5 Å². The van der Waals surface area contributed by atoms with Crippen LogP contribution in [0.4, 0.5) is 31.4 Å². The van der Waals surface area contributed by atoms with Gasteiger partial charge in [0.2, 0.25) is 12.2 Å². The number of carboxylic acid groups (broad SMARTS) is 1. The predicted octanol–water partition coefficient (Wildman–Crippen LogP) is 4.84. The number of amides is 3. The molecule has 15 heteroatoms. The van der Waals surface area contributed by atoms with E-state index in [2.05, 4.69) is 20.7 Å². The van der Waals surface area contributed by atoms with Crippen molar-refractivity contribution in [1.82, 2.24) is 0 Å². The minimum atomic E-state index is -1.55. The Hall–Kier alpha value is -6.12. The Balaban J connectivity index is 1.40. The zero-order valence-corrected chi connectivity index (χ0v) is 28.1. The number of cyclic esters (lactones) is 4. The number of nitrogens with one attached hydrogen (secondary N) is 3. The first-order valence-electron chi connectivity index (χ1n) is 16.1. The van der Waals surface area contributed by atoms with Gasteiger partial charge < -0.3 is 44.7 Å². The molecule has 51 heavy (non-hydrogen) atoms. The highest BCUT2D eigenvalue weighted by atomic mass is 16.8. The van der Waals surface area contributed by atoms with E-state index in [0.717, 1.165) is 33.4 Å². The number of rotatable bonds is 13. The summed E-state index contributed by atoms with van der Waals surface area (Å²) in [5.74, 6) is -1.69. The van der Waals surface area contributed by atoms with E-state index in [9.17, 15) is 28.8 Å². The molecule has 3 aromatic carbocycles. The average Bonchev–Trinajstić information content (AvgIpc) is 3.73. The molecule has 2 heterocycles. The van der Waals surface area contributed by atoms with Crippen LogP contribution in [0.5, 0.6) is 0 Å². The van der Waals surface area contributed by atoms with E-state index in [4.69, 9.17) is 24.1 Å². The van der Waals surface area contributed by atoms with E-state index in [0.29, 0.717) is 36.3 Å². The number of benzene rings is 3. The van der Waals surface area contributed by atoms with Gasteiger partial charge in [-0.15, -0.1) is 0 Å². The topological polar surface area (TPSA) is 205 Å². The van der Waals surface area contributed by atoms with Crippen molar-refractivity contribution in [2.24, 2.45) is 5.92 Å². The lowest BCUT2D eigenvalue weighted by molar-refractivity contribution is -0.123. The molecule has 0 bridgehead atoms. The molecule has 2 aliphatic heterocycles. The van der Waals surface area contributed by atoms with Crippen molar-refractivity contribution in [3.63, 3.8) is 0 Å². The third-order valence-electron chi connectivity index (χ3n) is 8.49.